The van der Waals surface area contributed by atoms with Crippen molar-refractivity contribution in [2.75, 3.05) is 16.8 Å². The van der Waals surface area contributed by atoms with Crippen LogP contribution in [-0.4, -0.2) is 27.7 Å². The quantitative estimate of drug-likeness (QED) is 0.273. The van der Waals surface area contributed by atoms with E-state index in [1.165, 1.54) is 6.33 Å². The summed E-state index contributed by atoms with van der Waals surface area (Å²) < 4.78 is 5.54. The highest BCUT2D eigenvalue weighted by atomic mass is 16.6. The van der Waals surface area contributed by atoms with Crippen LogP contribution in [0.5, 0.6) is 5.75 Å². The minimum absolute atomic E-state index is 0.104. The summed E-state index contributed by atoms with van der Waals surface area (Å²) in [6, 6.07) is 24.9. The van der Waals surface area contributed by atoms with E-state index in [4.69, 9.17) is 4.74 Å². The zero-order chi connectivity index (χ0) is 24.0. The Morgan fingerprint density at radius 2 is 1.63 bits per heavy atom. The fraction of sp³-hybridized carbons (Fsp3) is 0.115. The molecule has 0 saturated heterocycles. The predicted octanol–water partition coefficient (Wildman–Crippen LogP) is 5.43. The Morgan fingerprint density at radius 3 is 2.29 bits per heavy atom. The van der Waals surface area contributed by atoms with E-state index < -0.39 is 4.92 Å². The van der Waals surface area contributed by atoms with Crippen LogP contribution in [0.2, 0.25) is 0 Å². The van der Waals surface area contributed by atoms with Gasteiger partial charge in [0.05, 0.1) is 4.92 Å². The van der Waals surface area contributed by atoms with Crippen molar-refractivity contribution in [3.05, 3.63) is 106 Å². The summed E-state index contributed by atoms with van der Waals surface area (Å²) >= 11 is 0. The third kappa shape index (κ3) is 5.09. The maximum absolute atomic E-state index is 12.3. The van der Waals surface area contributed by atoms with Gasteiger partial charge in [0.15, 0.2) is 0 Å². The monoisotopic (exact) mass is 466 g/mol. The Labute approximate surface area is 201 Å². The first-order valence-corrected chi connectivity index (χ1v) is 11.1. The number of aliphatic imine (C=N–C) groups is 1. The van der Waals surface area contributed by atoms with E-state index in [1.54, 1.807) is 24.4 Å². The normalized spacial score (nSPS) is 11.9. The highest BCUT2D eigenvalue weighted by Crippen LogP contribution is 2.37. The topological polar surface area (TPSA) is 106 Å². The molecule has 0 radical (unpaired) electrons. The first-order chi connectivity index (χ1) is 17.2. The Balaban J connectivity index is 1.53. The average Bonchev–Trinajstić information content (AvgIpc) is 2.89. The van der Waals surface area contributed by atoms with Crippen LogP contribution >= 0.6 is 0 Å². The molecule has 0 atom stereocenters. The third-order valence-electron chi connectivity index (χ3n) is 5.48. The summed E-state index contributed by atoms with van der Waals surface area (Å²) in [5.74, 6) is 0.999. The molecule has 0 unspecified atom stereocenters. The van der Waals surface area contributed by atoms with Crippen LogP contribution in [0.25, 0.3) is 0 Å². The van der Waals surface area contributed by atoms with Crippen LogP contribution in [0.1, 0.15) is 11.1 Å². The fourth-order valence-corrected chi connectivity index (χ4v) is 3.89. The van der Waals surface area contributed by atoms with Crippen LogP contribution in [0, 0.1) is 10.1 Å². The Bertz CT molecular complexity index is 1320. The van der Waals surface area contributed by atoms with Crippen molar-refractivity contribution >= 4 is 34.9 Å². The van der Waals surface area contributed by atoms with Gasteiger partial charge in [0.1, 0.15) is 24.4 Å². The molecule has 0 spiro atoms. The number of fused-ring (bicyclic) bond motifs is 1. The van der Waals surface area contributed by atoms with Gasteiger partial charge in [-0.3, -0.25) is 15.1 Å². The zero-order valence-corrected chi connectivity index (χ0v) is 18.7. The van der Waals surface area contributed by atoms with Crippen molar-refractivity contribution in [3.8, 4) is 5.75 Å². The van der Waals surface area contributed by atoms with Gasteiger partial charge in [0.2, 0.25) is 11.6 Å². The van der Waals surface area contributed by atoms with E-state index in [0.29, 0.717) is 36.8 Å². The number of hydrogen-bond donors (Lipinski definition) is 1. The predicted molar refractivity (Wildman–Crippen MR) is 135 cm³/mol. The van der Waals surface area contributed by atoms with E-state index >= 15 is 0 Å². The molecule has 9 heteroatoms. The molecule has 0 saturated carbocycles. The first kappa shape index (κ1) is 22.0. The summed E-state index contributed by atoms with van der Waals surface area (Å²) in [7, 11) is 0. The lowest BCUT2D eigenvalue weighted by Gasteiger charge is -2.24. The van der Waals surface area contributed by atoms with Crippen molar-refractivity contribution in [3.63, 3.8) is 0 Å². The number of benzene rings is 3. The summed E-state index contributed by atoms with van der Waals surface area (Å²) in [5, 5.41) is 15.4. The number of nitrogens with one attached hydrogen (secondary N) is 1. The Kier molecular flexibility index (Phi) is 6.29. The molecule has 5 rings (SSSR count). The molecule has 1 N–H and O–H groups in total. The van der Waals surface area contributed by atoms with E-state index in [2.05, 4.69) is 20.3 Å². The van der Waals surface area contributed by atoms with Crippen molar-refractivity contribution < 1.29 is 9.66 Å². The standard InChI is InChI=1S/C26H22N6O3/c33-32(34)24-25(30-21-11-12-23-22(15-21)27-13-14-35-23)28-18-29-26(24)31(16-19-7-3-1-4-8-19)17-20-9-5-2-6-10-20/h1-13,15,18H,14,16-17H2,(H,28,29,30). The van der Waals surface area contributed by atoms with Gasteiger partial charge in [-0.05, 0) is 29.3 Å². The Morgan fingerprint density at radius 1 is 0.943 bits per heavy atom. The van der Waals surface area contributed by atoms with Gasteiger partial charge < -0.3 is 15.0 Å². The summed E-state index contributed by atoms with van der Waals surface area (Å²) in [6.45, 7) is 1.30. The van der Waals surface area contributed by atoms with Gasteiger partial charge in [0, 0.05) is 25.0 Å². The molecule has 4 aromatic rings. The van der Waals surface area contributed by atoms with Gasteiger partial charge in [-0.1, -0.05) is 60.7 Å². The molecule has 1 aliphatic heterocycles. The molecule has 0 bridgehead atoms. The van der Waals surface area contributed by atoms with Crippen molar-refractivity contribution in [2.24, 2.45) is 4.99 Å². The van der Waals surface area contributed by atoms with Crippen LogP contribution < -0.4 is 15.0 Å². The van der Waals surface area contributed by atoms with Gasteiger partial charge in [-0.25, -0.2) is 9.97 Å². The molecular formula is C26H22N6O3. The van der Waals surface area contributed by atoms with Crippen LogP contribution in [-0.2, 0) is 13.1 Å². The number of ether oxygens (including phenoxy) is 1. The lowest BCUT2D eigenvalue weighted by atomic mass is 10.1. The largest absolute Gasteiger partial charge is 0.486 e. The molecule has 1 aromatic heterocycles. The molecule has 35 heavy (non-hydrogen) atoms. The summed E-state index contributed by atoms with van der Waals surface area (Å²) in [6.07, 6.45) is 3.01. The molecule has 174 valence electrons. The van der Waals surface area contributed by atoms with Crippen LogP contribution in [0.15, 0.2) is 90.2 Å². The SMILES string of the molecule is O=[N+]([O-])c1c(Nc2ccc3c(c2)N=CCO3)ncnc1N(Cc1ccccc1)Cc1ccccc1. The zero-order valence-electron chi connectivity index (χ0n) is 18.7. The van der Waals surface area contributed by atoms with Gasteiger partial charge >= 0.3 is 5.69 Å². The minimum Gasteiger partial charge on any atom is -0.486 e. The van der Waals surface area contributed by atoms with Crippen molar-refractivity contribution in [2.45, 2.75) is 13.1 Å². The summed E-state index contributed by atoms with van der Waals surface area (Å²) in [4.78, 5) is 26.6. The molecule has 2 heterocycles. The van der Waals surface area contributed by atoms with Crippen LogP contribution in [0.3, 0.4) is 0 Å². The maximum Gasteiger partial charge on any atom is 0.353 e. The van der Waals surface area contributed by atoms with E-state index in [1.807, 2.05) is 65.6 Å². The highest BCUT2D eigenvalue weighted by Gasteiger charge is 2.28. The van der Waals surface area contributed by atoms with Crippen molar-refractivity contribution in [1.82, 2.24) is 9.97 Å². The molecule has 1 aliphatic rings. The number of anilines is 3. The van der Waals surface area contributed by atoms with Gasteiger partial charge in [0.25, 0.3) is 0 Å². The molecule has 9 nitrogen and oxygen atoms in total. The number of rotatable bonds is 8. The first-order valence-electron chi connectivity index (χ1n) is 11.1. The second kappa shape index (κ2) is 10.0. The van der Waals surface area contributed by atoms with E-state index in [0.717, 1.165) is 11.1 Å². The van der Waals surface area contributed by atoms with Gasteiger partial charge in [-0.15, -0.1) is 0 Å². The van der Waals surface area contributed by atoms with Crippen molar-refractivity contribution in [1.29, 1.82) is 0 Å². The lowest BCUT2D eigenvalue weighted by molar-refractivity contribution is -0.383. The Hall–Kier alpha value is -4.79. The fourth-order valence-electron chi connectivity index (χ4n) is 3.89. The molecule has 3 aromatic carbocycles. The van der Waals surface area contributed by atoms with Crippen LogP contribution in [0.4, 0.5) is 28.7 Å². The van der Waals surface area contributed by atoms with Gasteiger partial charge in [-0.2, -0.15) is 0 Å². The van der Waals surface area contributed by atoms with E-state index in [-0.39, 0.29) is 17.3 Å². The molecule has 0 fully saturated rings. The minimum atomic E-state index is -0.444. The van der Waals surface area contributed by atoms with E-state index in [9.17, 15) is 10.1 Å². The third-order valence-corrected chi connectivity index (χ3v) is 5.48. The molecular weight excluding hydrogens is 444 g/mol. The lowest BCUT2D eigenvalue weighted by Crippen LogP contribution is -2.24. The number of aromatic nitrogens is 2. The molecule has 0 aliphatic carbocycles. The number of nitrogens with zero attached hydrogens (tertiary/aromatic N) is 5. The molecule has 0 amide bonds. The number of nitro groups is 1. The maximum atomic E-state index is 12.3. The summed E-state index contributed by atoms with van der Waals surface area (Å²) in [5.41, 5.74) is 3.08. The highest BCUT2D eigenvalue weighted by molar-refractivity contribution is 5.78. The average molecular weight is 467 g/mol. The smallest absolute Gasteiger partial charge is 0.353 e. The second-order valence-corrected chi connectivity index (χ2v) is 7.91. The number of hydrogen-bond acceptors (Lipinski definition) is 8. The second-order valence-electron chi connectivity index (χ2n) is 7.91.